The van der Waals surface area contributed by atoms with Crippen LogP contribution in [0.5, 0.6) is 5.75 Å². The minimum atomic E-state index is -1.01. The number of hydrogen-bond acceptors (Lipinski definition) is 3. The summed E-state index contributed by atoms with van der Waals surface area (Å²) >= 11 is 0. The molecular formula is C12H17NO3. The second-order valence-corrected chi connectivity index (χ2v) is 3.84. The van der Waals surface area contributed by atoms with Gasteiger partial charge in [-0.3, -0.25) is 4.79 Å². The number of benzene rings is 1. The van der Waals surface area contributed by atoms with Gasteiger partial charge >= 0.3 is 5.97 Å². The van der Waals surface area contributed by atoms with Gasteiger partial charge in [0, 0.05) is 0 Å². The molecular weight excluding hydrogens is 206 g/mol. The van der Waals surface area contributed by atoms with E-state index < -0.39 is 12.0 Å². The minimum Gasteiger partial charge on any atom is -0.508 e. The van der Waals surface area contributed by atoms with Gasteiger partial charge in [0.15, 0.2) is 0 Å². The number of aromatic hydroxyl groups is 1. The van der Waals surface area contributed by atoms with E-state index in [0.717, 1.165) is 12.0 Å². The molecule has 4 N–H and O–H groups in total. The lowest BCUT2D eigenvalue weighted by Crippen LogP contribution is -2.31. The number of carbonyl (C=O) groups is 1. The molecule has 0 aliphatic heterocycles. The summed E-state index contributed by atoms with van der Waals surface area (Å²) in [5.41, 5.74) is 6.26. The zero-order chi connectivity index (χ0) is 12.1. The summed E-state index contributed by atoms with van der Waals surface area (Å²) in [6, 6.07) is 6.08. The number of carboxylic acid groups (broad SMARTS) is 1. The van der Waals surface area contributed by atoms with Gasteiger partial charge < -0.3 is 15.9 Å². The summed E-state index contributed by atoms with van der Waals surface area (Å²) in [5, 5.41) is 18.4. The molecule has 0 amide bonds. The molecule has 0 radical (unpaired) electrons. The van der Waals surface area contributed by atoms with Gasteiger partial charge in [0.1, 0.15) is 11.8 Å². The van der Waals surface area contributed by atoms with Gasteiger partial charge in [-0.05, 0) is 30.4 Å². The van der Waals surface area contributed by atoms with E-state index in [4.69, 9.17) is 10.8 Å². The Hall–Kier alpha value is -1.55. The Morgan fingerprint density at radius 3 is 2.56 bits per heavy atom. The van der Waals surface area contributed by atoms with Crippen molar-refractivity contribution in [3.63, 3.8) is 0 Å². The summed E-state index contributed by atoms with van der Waals surface area (Å²) in [7, 11) is 0. The first-order valence-corrected chi connectivity index (χ1v) is 5.32. The fourth-order valence-corrected chi connectivity index (χ4v) is 1.75. The Labute approximate surface area is 94.7 Å². The minimum absolute atomic E-state index is 0.0210. The molecule has 0 bridgehead atoms. The number of aliphatic carboxylic acids is 1. The van der Waals surface area contributed by atoms with Crippen molar-refractivity contribution in [2.75, 3.05) is 0 Å². The van der Waals surface area contributed by atoms with Crippen molar-refractivity contribution >= 4 is 5.97 Å². The van der Waals surface area contributed by atoms with Crippen molar-refractivity contribution in [1.82, 2.24) is 0 Å². The number of phenols is 1. The van der Waals surface area contributed by atoms with Crippen LogP contribution in [0.4, 0.5) is 0 Å². The van der Waals surface area contributed by atoms with E-state index in [-0.39, 0.29) is 11.7 Å². The molecule has 16 heavy (non-hydrogen) atoms. The second kappa shape index (κ2) is 5.51. The van der Waals surface area contributed by atoms with Crippen molar-refractivity contribution in [3.05, 3.63) is 29.8 Å². The van der Waals surface area contributed by atoms with Crippen LogP contribution < -0.4 is 5.73 Å². The Morgan fingerprint density at radius 2 is 2.06 bits per heavy atom. The Kier molecular flexibility index (Phi) is 4.31. The predicted molar refractivity (Wildman–Crippen MR) is 61.4 cm³/mol. The molecule has 0 fully saturated rings. The molecule has 0 aliphatic carbocycles. The molecule has 0 aliphatic rings. The molecule has 0 spiro atoms. The molecule has 0 heterocycles. The van der Waals surface area contributed by atoms with Crippen LogP contribution in [0, 0.1) is 0 Å². The van der Waals surface area contributed by atoms with Gasteiger partial charge in [0.2, 0.25) is 0 Å². The molecule has 88 valence electrons. The van der Waals surface area contributed by atoms with E-state index in [1.807, 2.05) is 13.0 Å². The van der Waals surface area contributed by atoms with Gasteiger partial charge in [0.25, 0.3) is 0 Å². The standard InChI is InChI=1S/C12H17NO3/c1-2-8(7-10(13)12(15)16)9-5-3-4-6-11(9)14/h3-6,8,10,14H,2,7,13H2,1H3,(H,15,16). The predicted octanol–water partition coefficient (Wildman–Crippen LogP) is 1.69. The first-order valence-electron chi connectivity index (χ1n) is 5.32. The van der Waals surface area contributed by atoms with Gasteiger partial charge in [0.05, 0.1) is 0 Å². The van der Waals surface area contributed by atoms with Crippen molar-refractivity contribution in [2.45, 2.75) is 31.7 Å². The number of phenolic OH excluding ortho intramolecular Hbond substituents is 1. The molecule has 0 saturated carbocycles. The number of rotatable bonds is 5. The van der Waals surface area contributed by atoms with Crippen molar-refractivity contribution in [3.8, 4) is 5.75 Å². The van der Waals surface area contributed by atoms with Crippen molar-refractivity contribution < 1.29 is 15.0 Å². The average molecular weight is 223 g/mol. The van der Waals surface area contributed by atoms with E-state index in [1.165, 1.54) is 0 Å². The highest BCUT2D eigenvalue weighted by Gasteiger charge is 2.20. The quantitative estimate of drug-likeness (QED) is 0.709. The Balaban J connectivity index is 2.83. The van der Waals surface area contributed by atoms with Crippen LogP contribution in [0.25, 0.3) is 0 Å². The lowest BCUT2D eigenvalue weighted by molar-refractivity contribution is -0.138. The molecule has 2 atom stereocenters. The van der Waals surface area contributed by atoms with E-state index >= 15 is 0 Å². The number of para-hydroxylation sites is 1. The first kappa shape index (κ1) is 12.5. The van der Waals surface area contributed by atoms with Gasteiger partial charge in [-0.1, -0.05) is 25.1 Å². The van der Waals surface area contributed by atoms with E-state index in [1.54, 1.807) is 18.2 Å². The summed E-state index contributed by atoms with van der Waals surface area (Å²) in [5.74, 6) is -0.826. The fourth-order valence-electron chi connectivity index (χ4n) is 1.75. The van der Waals surface area contributed by atoms with Crippen LogP contribution in [0.1, 0.15) is 31.2 Å². The van der Waals surface area contributed by atoms with Crippen LogP contribution in [0.15, 0.2) is 24.3 Å². The monoisotopic (exact) mass is 223 g/mol. The lowest BCUT2D eigenvalue weighted by atomic mass is 9.89. The number of nitrogens with two attached hydrogens (primary N) is 1. The summed E-state index contributed by atoms with van der Waals surface area (Å²) in [6.45, 7) is 1.95. The fraction of sp³-hybridized carbons (Fsp3) is 0.417. The maximum atomic E-state index is 10.7. The molecule has 1 aromatic rings. The van der Waals surface area contributed by atoms with Crippen molar-refractivity contribution in [2.24, 2.45) is 5.73 Å². The average Bonchev–Trinajstić information content (AvgIpc) is 2.26. The SMILES string of the molecule is CCC(CC(N)C(=O)O)c1ccccc1O. The topological polar surface area (TPSA) is 83.6 Å². The lowest BCUT2D eigenvalue weighted by Gasteiger charge is -2.18. The Bertz CT molecular complexity index is 365. The number of carboxylic acids is 1. The summed E-state index contributed by atoms with van der Waals surface area (Å²) in [6.07, 6.45) is 1.09. The van der Waals surface area contributed by atoms with E-state index in [9.17, 15) is 9.90 Å². The number of hydrogen-bond donors (Lipinski definition) is 3. The van der Waals surface area contributed by atoms with E-state index in [2.05, 4.69) is 0 Å². The third kappa shape index (κ3) is 2.97. The van der Waals surface area contributed by atoms with Crippen LogP contribution in [0.2, 0.25) is 0 Å². The smallest absolute Gasteiger partial charge is 0.320 e. The zero-order valence-corrected chi connectivity index (χ0v) is 9.26. The molecule has 4 nitrogen and oxygen atoms in total. The molecule has 2 unspecified atom stereocenters. The Morgan fingerprint density at radius 1 is 1.44 bits per heavy atom. The highest BCUT2D eigenvalue weighted by atomic mass is 16.4. The maximum absolute atomic E-state index is 10.7. The molecule has 0 aromatic heterocycles. The maximum Gasteiger partial charge on any atom is 0.320 e. The second-order valence-electron chi connectivity index (χ2n) is 3.84. The first-order chi connectivity index (χ1) is 7.56. The van der Waals surface area contributed by atoms with Crippen LogP contribution in [0.3, 0.4) is 0 Å². The third-order valence-electron chi connectivity index (χ3n) is 2.73. The molecule has 1 rings (SSSR count). The van der Waals surface area contributed by atoms with Crippen LogP contribution in [-0.2, 0) is 4.79 Å². The molecule has 4 heteroatoms. The van der Waals surface area contributed by atoms with Crippen molar-refractivity contribution in [1.29, 1.82) is 0 Å². The molecule has 1 aromatic carbocycles. The van der Waals surface area contributed by atoms with Gasteiger partial charge in [-0.15, -0.1) is 0 Å². The summed E-state index contributed by atoms with van der Waals surface area (Å²) in [4.78, 5) is 10.7. The zero-order valence-electron chi connectivity index (χ0n) is 9.26. The van der Waals surface area contributed by atoms with E-state index in [0.29, 0.717) is 6.42 Å². The largest absolute Gasteiger partial charge is 0.508 e. The molecule has 0 saturated heterocycles. The van der Waals surface area contributed by atoms with Gasteiger partial charge in [-0.2, -0.15) is 0 Å². The normalized spacial score (nSPS) is 14.4. The third-order valence-corrected chi connectivity index (χ3v) is 2.73. The van der Waals surface area contributed by atoms with Crippen LogP contribution >= 0.6 is 0 Å². The highest BCUT2D eigenvalue weighted by molar-refractivity contribution is 5.73. The summed E-state index contributed by atoms with van der Waals surface area (Å²) < 4.78 is 0. The highest BCUT2D eigenvalue weighted by Crippen LogP contribution is 2.30. The van der Waals surface area contributed by atoms with Gasteiger partial charge in [-0.25, -0.2) is 0 Å². The van der Waals surface area contributed by atoms with Crippen LogP contribution in [-0.4, -0.2) is 22.2 Å².